The van der Waals surface area contributed by atoms with Crippen molar-refractivity contribution in [1.29, 1.82) is 0 Å². The number of benzene rings is 3. The Labute approximate surface area is 154 Å². The molecule has 0 radical (unpaired) electrons. The van der Waals surface area contributed by atoms with Crippen LogP contribution in [0.3, 0.4) is 0 Å². The molecule has 0 fully saturated rings. The molecule has 1 amide bonds. The molecule has 27 heavy (non-hydrogen) atoms. The minimum absolute atomic E-state index is 0.0424. The van der Waals surface area contributed by atoms with E-state index in [0.717, 1.165) is 16.9 Å². The van der Waals surface area contributed by atoms with Crippen LogP contribution in [0.1, 0.15) is 31.8 Å². The van der Waals surface area contributed by atoms with E-state index in [1.54, 1.807) is 18.2 Å². The van der Waals surface area contributed by atoms with Crippen molar-refractivity contribution in [1.82, 2.24) is 5.43 Å². The van der Waals surface area contributed by atoms with Gasteiger partial charge in [0, 0.05) is 17.4 Å². The normalized spacial score (nSPS) is 11.9. The van der Waals surface area contributed by atoms with Gasteiger partial charge in [-0.25, -0.2) is 10.6 Å². The Hall–Kier alpha value is -3.58. The van der Waals surface area contributed by atoms with Crippen LogP contribution < -0.4 is 20.7 Å². The average molecular weight is 364 g/mol. The predicted octanol–water partition coefficient (Wildman–Crippen LogP) is 2.85. The van der Waals surface area contributed by atoms with Gasteiger partial charge in [-0.15, -0.1) is 0 Å². The van der Waals surface area contributed by atoms with Gasteiger partial charge in [0.1, 0.15) is 22.8 Å². The lowest BCUT2D eigenvalue weighted by Crippen LogP contribution is -2.32. The lowest BCUT2D eigenvalue weighted by Gasteiger charge is -2.23. The molecule has 0 aromatic heterocycles. The van der Waals surface area contributed by atoms with E-state index in [0.29, 0.717) is 22.9 Å². The second-order valence-electron chi connectivity index (χ2n) is 6.13. The van der Waals surface area contributed by atoms with E-state index in [1.165, 1.54) is 7.11 Å². The summed E-state index contributed by atoms with van der Waals surface area (Å²) in [6, 6.07) is 12.8. The van der Waals surface area contributed by atoms with Gasteiger partial charge in [0.2, 0.25) is 0 Å². The van der Waals surface area contributed by atoms with Gasteiger partial charge in [-0.3, -0.25) is 10.2 Å². The molecule has 7 nitrogen and oxygen atoms in total. The van der Waals surface area contributed by atoms with Gasteiger partial charge in [-0.2, -0.15) is 0 Å². The zero-order valence-corrected chi connectivity index (χ0v) is 14.4. The molecule has 4 N–H and O–H groups in total. The second-order valence-corrected chi connectivity index (χ2v) is 6.13. The number of aromatic carboxylic acids is 1. The van der Waals surface area contributed by atoms with Crippen LogP contribution in [0.25, 0.3) is 10.8 Å². The largest absolute Gasteiger partial charge is 0.496 e. The summed E-state index contributed by atoms with van der Waals surface area (Å²) < 4.78 is 11.2. The zero-order valence-electron chi connectivity index (χ0n) is 14.4. The van der Waals surface area contributed by atoms with Crippen molar-refractivity contribution in [2.75, 3.05) is 7.11 Å². The Kier molecular flexibility index (Phi) is 3.93. The minimum atomic E-state index is -1.28. The fraction of sp³-hybridized carbons (Fsp3) is 0.100. The number of fused-ring (bicyclic) bond motifs is 4. The van der Waals surface area contributed by atoms with Crippen LogP contribution in [-0.2, 0) is 6.42 Å². The quantitative estimate of drug-likeness (QED) is 0.293. The number of para-hydroxylation sites is 1. The molecule has 1 heterocycles. The number of hydrogen-bond donors (Lipinski definition) is 3. The summed E-state index contributed by atoms with van der Waals surface area (Å²) in [6.45, 7) is 0. The van der Waals surface area contributed by atoms with Gasteiger partial charge in [0.15, 0.2) is 0 Å². The zero-order chi connectivity index (χ0) is 19.1. The number of carboxylic acid groups (broad SMARTS) is 1. The van der Waals surface area contributed by atoms with Crippen molar-refractivity contribution >= 4 is 22.6 Å². The molecular formula is C20H16N2O5. The van der Waals surface area contributed by atoms with Crippen LogP contribution in [0, 0.1) is 0 Å². The smallest absolute Gasteiger partial charge is 0.340 e. The Morgan fingerprint density at radius 1 is 1.15 bits per heavy atom. The van der Waals surface area contributed by atoms with Crippen LogP contribution in [0.2, 0.25) is 0 Å². The minimum Gasteiger partial charge on any atom is -0.496 e. The number of rotatable bonds is 3. The fourth-order valence-corrected chi connectivity index (χ4v) is 3.53. The van der Waals surface area contributed by atoms with E-state index in [9.17, 15) is 14.7 Å². The highest BCUT2D eigenvalue weighted by Crippen LogP contribution is 2.43. The van der Waals surface area contributed by atoms with Gasteiger partial charge in [0.25, 0.3) is 5.91 Å². The number of hydrogen-bond acceptors (Lipinski definition) is 5. The Morgan fingerprint density at radius 2 is 1.93 bits per heavy atom. The summed E-state index contributed by atoms with van der Waals surface area (Å²) in [7, 11) is 1.36. The molecule has 0 bridgehead atoms. The number of ether oxygens (including phenoxy) is 2. The number of nitrogen functional groups attached to an aromatic ring is 1. The van der Waals surface area contributed by atoms with E-state index in [1.807, 2.05) is 29.7 Å². The summed E-state index contributed by atoms with van der Waals surface area (Å²) in [5.41, 5.74) is 3.45. The van der Waals surface area contributed by atoms with Gasteiger partial charge in [-0.05, 0) is 29.1 Å². The fourth-order valence-electron chi connectivity index (χ4n) is 3.53. The van der Waals surface area contributed by atoms with Gasteiger partial charge < -0.3 is 14.6 Å². The third kappa shape index (κ3) is 2.56. The van der Waals surface area contributed by atoms with E-state index in [2.05, 4.69) is 0 Å². The summed E-state index contributed by atoms with van der Waals surface area (Å²) >= 11 is 0. The number of nitrogens with two attached hydrogens (primary N) is 1. The first kappa shape index (κ1) is 16.9. The molecular weight excluding hydrogens is 348 g/mol. The first-order chi connectivity index (χ1) is 13.0. The van der Waals surface area contributed by atoms with Crippen LogP contribution >= 0.6 is 0 Å². The number of hydrazine groups is 1. The summed E-state index contributed by atoms with van der Waals surface area (Å²) in [6.07, 6.45) is 0.499. The Bertz CT molecular complexity index is 1110. The van der Waals surface area contributed by atoms with Gasteiger partial charge >= 0.3 is 5.97 Å². The molecule has 3 aromatic carbocycles. The molecule has 0 saturated heterocycles. The molecule has 3 aromatic rings. The molecule has 1 aliphatic rings. The molecule has 7 heteroatoms. The monoisotopic (exact) mass is 364 g/mol. The molecule has 0 spiro atoms. The molecule has 1 aliphatic heterocycles. The average Bonchev–Trinajstić information content (AvgIpc) is 2.69. The summed E-state index contributed by atoms with van der Waals surface area (Å²) in [4.78, 5) is 24.5. The summed E-state index contributed by atoms with van der Waals surface area (Å²) in [5, 5.41) is 10.9. The Morgan fingerprint density at radius 3 is 2.63 bits per heavy atom. The molecule has 0 saturated carbocycles. The van der Waals surface area contributed by atoms with Crippen LogP contribution in [0.15, 0.2) is 42.5 Å². The molecule has 4 rings (SSSR count). The summed E-state index contributed by atoms with van der Waals surface area (Å²) in [5.74, 6) is 4.77. The number of amides is 1. The molecule has 136 valence electrons. The highest BCUT2D eigenvalue weighted by Gasteiger charge is 2.29. The topological polar surface area (TPSA) is 111 Å². The third-order valence-electron chi connectivity index (χ3n) is 4.69. The maximum Gasteiger partial charge on any atom is 0.340 e. The third-order valence-corrected chi connectivity index (χ3v) is 4.69. The van der Waals surface area contributed by atoms with Crippen LogP contribution in [0.4, 0.5) is 0 Å². The van der Waals surface area contributed by atoms with Gasteiger partial charge in [-0.1, -0.05) is 24.3 Å². The highest BCUT2D eigenvalue weighted by molar-refractivity contribution is 6.17. The number of carboxylic acids is 1. The first-order valence-corrected chi connectivity index (χ1v) is 8.21. The predicted molar refractivity (Wildman–Crippen MR) is 98.4 cm³/mol. The number of nitrogens with one attached hydrogen (secondary N) is 1. The van der Waals surface area contributed by atoms with E-state index in [-0.39, 0.29) is 16.9 Å². The van der Waals surface area contributed by atoms with Crippen molar-refractivity contribution < 1.29 is 24.2 Å². The standard InChI is InChI=1S/C20H16N2O5/c1-26-15-9-11-6-7-14-12(8-10-4-2-3-5-13(10)27-14)16(11)18(19(23)22-21)17(15)20(24)25/h2-7,9H,8,21H2,1H3,(H,22,23)(H,24,25). The van der Waals surface area contributed by atoms with E-state index in [4.69, 9.17) is 15.3 Å². The van der Waals surface area contributed by atoms with Crippen molar-refractivity contribution in [2.24, 2.45) is 5.84 Å². The molecule has 0 atom stereocenters. The SMILES string of the molecule is COc1cc2ccc3c(c2c(C(=O)NN)c1C(=O)O)Cc1ccccc1O3. The lowest BCUT2D eigenvalue weighted by molar-refractivity contribution is 0.0687. The van der Waals surface area contributed by atoms with Crippen molar-refractivity contribution in [3.8, 4) is 17.2 Å². The van der Waals surface area contributed by atoms with Crippen LogP contribution in [-0.4, -0.2) is 24.1 Å². The number of carbonyl (C=O) groups excluding carboxylic acids is 1. The molecule has 0 aliphatic carbocycles. The molecule has 0 unspecified atom stereocenters. The number of methoxy groups -OCH3 is 1. The van der Waals surface area contributed by atoms with Crippen molar-refractivity contribution in [2.45, 2.75) is 6.42 Å². The first-order valence-electron chi connectivity index (χ1n) is 8.21. The second kappa shape index (κ2) is 6.30. The maximum atomic E-state index is 12.6. The lowest BCUT2D eigenvalue weighted by atomic mass is 9.89. The Balaban J connectivity index is 2.10. The maximum absolute atomic E-state index is 12.6. The van der Waals surface area contributed by atoms with Crippen LogP contribution in [0.5, 0.6) is 17.2 Å². The highest BCUT2D eigenvalue weighted by atomic mass is 16.5. The van der Waals surface area contributed by atoms with Crippen molar-refractivity contribution in [3.63, 3.8) is 0 Å². The van der Waals surface area contributed by atoms with E-state index >= 15 is 0 Å². The van der Waals surface area contributed by atoms with Gasteiger partial charge in [0.05, 0.1) is 12.7 Å². The van der Waals surface area contributed by atoms with Crippen molar-refractivity contribution in [3.05, 3.63) is 64.7 Å². The number of carbonyl (C=O) groups is 2. The van der Waals surface area contributed by atoms with E-state index < -0.39 is 11.9 Å².